The maximum Gasteiger partial charge on any atom is 0.186 e. The summed E-state index contributed by atoms with van der Waals surface area (Å²) in [5.41, 5.74) is 1.29. The topological polar surface area (TPSA) is 37.8 Å². The highest BCUT2D eigenvalue weighted by atomic mass is 35.5. The van der Waals surface area contributed by atoms with E-state index in [0.717, 1.165) is 18.3 Å². The molecule has 2 heterocycles. The SMILES string of the molecule is Cc1csc(CNc2nsnc2Cl)c1. The van der Waals surface area contributed by atoms with Gasteiger partial charge < -0.3 is 5.32 Å². The summed E-state index contributed by atoms with van der Waals surface area (Å²) in [5.74, 6) is 0.669. The lowest BCUT2D eigenvalue weighted by Gasteiger charge is -1.99. The Morgan fingerprint density at radius 2 is 2.36 bits per heavy atom. The molecule has 3 nitrogen and oxygen atoms in total. The van der Waals surface area contributed by atoms with Crippen molar-refractivity contribution in [2.45, 2.75) is 13.5 Å². The van der Waals surface area contributed by atoms with Crippen LogP contribution < -0.4 is 5.32 Å². The molecule has 0 aliphatic carbocycles. The van der Waals surface area contributed by atoms with E-state index in [1.54, 1.807) is 11.3 Å². The predicted molar refractivity (Wildman–Crippen MR) is 61.3 cm³/mol. The molecule has 0 atom stereocenters. The standard InChI is InChI=1S/C8H8ClN3S2/c1-5-2-6(13-4-5)3-10-8-7(9)11-14-12-8/h2,4H,3H2,1H3,(H,10,12). The Kier molecular flexibility index (Phi) is 3.00. The molecule has 2 rings (SSSR count). The maximum atomic E-state index is 5.79. The largest absolute Gasteiger partial charge is 0.362 e. The third-order valence-electron chi connectivity index (χ3n) is 1.66. The summed E-state index contributed by atoms with van der Waals surface area (Å²) in [5, 5.41) is 5.71. The van der Waals surface area contributed by atoms with E-state index in [9.17, 15) is 0 Å². The molecule has 0 radical (unpaired) electrons. The molecule has 0 aromatic carbocycles. The predicted octanol–water partition coefficient (Wildman–Crippen LogP) is 3.17. The molecule has 6 heteroatoms. The fourth-order valence-corrected chi connectivity index (χ4v) is 2.54. The van der Waals surface area contributed by atoms with E-state index in [4.69, 9.17) is 11.6 Å². The van der Waals surface area contributed by atoms with Crippen LogP contribution in [0.4, 0.5) is 5.82 Å². The molecule has 0 aliphatic heterocycles. The first-order valence-corrected chi connectivity index (χ1v) is 6.00. The maximum absolute atomic E-state index is 5.79. The third kappa shape index (κ3) is 2.23. The molecule has 0 amide bonds. The van der Waals surface area contributed by atoms with Gasteiger partial charge in [0.2, 0.25) is 0 Å². The molecule has 2 aromatic rings. The summed E-state index contributed by atoms with van der Waals surface area (Å²) >= 11 is 8.63. The van der Waals surface area contributed by atoms with Crippen LogP contribution in [0.25, 0.3) is 0 Å². The number of nitrogens with one attached hydrogen (secondary N) is 1. The average Bonchev–Trinajstić information content (AvgIpc) is 2.72. The number of halogens is 1. The van der Waals surface area contributed by atoms with Crippen molar-refractivity contribution >= 4 is 40.5 Å². The van der Waals surface area contributed by atoms with Crippen molar-refractivity contribution < 1.29 is 0 Å². The van der Waals surface area contributed by atoms with Gasteiger partial charge in [-0.05, 0) is 23.9 Å². The van der Waals surface area contributed by atoms with E-state index < -0.39 is 0 Å². The molecule has 0 aliphatic rings. The normalized spacial score (nSPS) is 10.4. The van der Waals surface area contributed by atoms with Crippen LogP contribution >= 0.6 is 34.7 Å². The van der Waals surface area contributed by atoms with Crippen LogP contribution in [0.3, 0.4) is 0 Å². The zero-order valence-electron chi connectivity index (χ0n) is 7.45. The second-order valence-corrected chi connectivity index (χ2v) is 4.73. The van der Waals surface area contributed by atoms with Gasteiger partial charge in [0.05, 0.1) is 18.3 Å². The van der Waals surface area contributed by atoms with Crippen LogP contribution in [0.1, 0.15) is 10.4 Å². The minimum Gasteiger partial charge on any atom is -0.362 e. The molecule has 0 saturated heterocycles. The number of anilines is 1. The number of hydrogen-bond donors (Lipinski definition) is 1. The number of nitrogens with zero attached hydrogens (tertiary/aromatic N) is 2. The minimum atomic E-state index is 0.447. The van der Waals surface area contributed by atoms with E-state index in [1.807, 2.05) is 0 Å². The van der Waals surface area contributed by atoms with Gasteiger partial charge in [0.1, 0.15) is 0 Å². The van der Waals surface area contributed by atoms with Crippen molar-refractivity contribution in [3.05, 3.63) is 27.0 Å². The second-order valence-electron chi connectivity index (χ2n) is 2.85. The first-order valence-electron chi connectivity index (χ1n) is 4.01. The van der Waals surface area contributed by atoms with Gasteiger partial charge >= 0.3 is 0 Å². The van der Waals surface area contributed by atoms with Crippen LogP contribution in [0.5, 0.6) is 0 Å². The number of thiophene rings is 1. The van der Waals surface area contributed by atoms with Crippen LogP contribution in [0.2, 0.25) is 5.15 Å². The lowest BCUT2D eigenvalue weighted by molar-refractivity contribution is 1.17. The molecule has 2 aromatic heterocycles. The van der Waals surface area contributed by atoms with E-state index in [1.165, 1.54) is 10.4 Å². The zero-order chi connectivity index (χ0) is 9.97. The fraction of sp³-hybridized carbons (Fsp3) is 0.250. The summed E-state index contributed by atoms with van der Waals surface area (Å²) in [6, 6.07) is 2.14. The van der Waals surface area contributed by atoms with Gasteiger partial charge in [0.15, 0.2) is 11.0 Å². The van der Waals surface area contributed by atoms with Crippen molar-refractivity contribution in [1.29, 1.82) is 0 Å². The lowest BCUT2D eigenvalue weighted by atomic mass is 10.3. The Bertz CT molecular complexity index is 424. The molecule has 14 heavy (non-hydrogen) atoms. The van der Waals surface area contributed by atoms with Gasteiger partial charge in [-0.1, -0.05) is 11.6 Å². The summed E-state index contributed by atoms with van der Waals surface area (Å²) in [6.07, 6.45) is 0. The third-order valence-corrected chi connectivity index (χ3v) is 3.61. The van der Waals surface area contributed by atoms with Crippen LogP contribution in [0.15, 0.2) is 11.4 Å². The minimum absolute atomic E-state index is 0.447. The number of rotatable bonds is 3. The van der Waals surface area contributed by atoms with Gasteiger partial charge in [-0.2, -0.15) is 8.75 Å². The number of hydrogen-bond acceptors (Lipinski definition) is 5. The van der Waals surface area contributed by atoms with Crippen molar-refractivity contribution in [2.24, 2.45) is 0 Å². The van der Waals surface area contributed by atoms with E-state index in [2.05, 4.69) is 32.4 Å². The fourth-order valence-electron chi connectivity index (χ4n) is 1.04. The molecule has 74 valence electrons. The lowest BCUT2D eigenvalue weighted by Crippen LogP contribution is -1.97. The second kappa shape index (κ2) is 4.25. The Morgan fingerprint density at radius 3 is 2.93 bits per heavy atom. The van der Waals surface area contributed by atoms with Crippen LogP contribution in [0, 0.1) is 6.92 Å². The van der Waals surface area contributed by atoms with Crippen LogP contribution in [-0.2, 0) is 6.54 Å². The average molecular weight is 246 g/mol. The Hall–Kier alpha value is -0.650. The smallest absolute Gasteiger partial charge is 0.186 e. The zero-order valence-corrected chi connectivity index (χ0v) is 9.84. The van der Waals surface area contributed by atoms with Gasteiger partial charge in [-0.15, -0.1) is 11.3 Å². The Balaban J connectivity index is 1.98. The van der Waals surface area contributed by atoms with Crippen molar-refractivity contribution in [3.8, 4) is 0 Å². The first-order chi connectivity index (χ1) is 6.75. The van der Waals surface area contributed by atoms with Crippen molar-refractivity contribution in [3.63, 3.8) is 0 Å². The molecule has 0 unspecified atom stereocenters. The van der Waals surface area contributed by atoms with Crippen LogP contribution in [-0.4, -0.2) is 8.75 Å². The Morgan fingerprint density at radius 1 is 1.50 bits per heavy atom. The van der Waals surface area contributed by atoms with Gasteiger partial charge in [0, 0.05) is 4.88 Å². The van der Waals surface area contributed by atoms with Gasteiger partial charge in [-0.3, -0.25) is 0 Å². The summed E-state index contributed by atoms with van der Waals surface area (Å²) < 4.78 is 7.90. The highest BCUT2D eigenvalue weighted by molar-refractivity contribution is 7.10. The molecular weight excluding hydrogens is 238 g/mol. The van der Waals surface area contributed by atoms with Gasteiger partial charge in [-0.25, -0.2) is 0 Å². The quantitative estimate of drug-likeness (QED) is 0.903. The highest BCUT2D eigenvalue weighted by Gasteiger charge is 2.04. The molecular formula is C8H8ClN3S2. The number of aromatic nitrogens is 2. The van der Waals surface area contributed by atoms with Crippen molar-refractivity contribution in [2.75, 3.05) is 5.32 Å². The summed E-state index contributed by atoms with van der Waals surface area (Å²) in [4.78, 5) is 1.27. The molecule has 1 N–H and O–H groups in total. The van der Waals surface area contributed by atoms with Gasteiger partial charge in [0.25, 0.3) is 0 Å². The van der Waals surface area contributed by atoms with E-state index >= 15 is 0 Å². The van der Waals surface area contributed by atoms with Crippen molar-refractivity contribution in [1.82, 2.24) is 8.75 Å². The van der Waals surface area contributed by atoms with E-state index in [-0.39, 0.29) is 0 Å². The highest BCUT2D eigenvalue weighted by Crippen LogP contribution is 2.20. The Labute approximate surface area is 95.1 Å². The molecule has 0 fully saturated rings. The number of aryl methyl sites for hydroxylation is 1. The first kappa shape index (κ1) is 9.89. The molecule has 0 saturated carbocycles. The molecule has 0 bridgehead atoms. The monoisotopic (exact) mass is 245 g/mol. The van der Waals surface area contributed by atoms with E-state index in [0.29, 0.717) is 11.0 Å². The molecule has 0 spiro atoms. The summed E-state index contributed by atoms with van der Waals surface area (Å²) in [7, 11) is 0. The summed E-state index contributed by atoms with van der Waals surface area (Å²) in [6.45, 7) is 2.83.